The zero-order chi connectivity index (χ0) is 8.93. The fourth-order valence-corrected chi connectivity index (χ4v) is 1.63. The van der Waals surface area contributed by atoms with Crippen molar-refractivity contribution >= 4 is 5.78 Å². The molecule has 1 aliphatic carbocycles. The van der Waals surface area contributed by atoms with Gasteiger partial charge < -0.3 is 0 Å². The van der Waals surface area contributed by atoms with Gasteiger partial charge in [-0.05, 0) is 37.6 Å². The lowest BCUT2D eigenvalue weighted by Crippen LogP contribution is -2.40. The molecule has 12 heavy (non-hydrogen) atoms. The van der Waals surface area contributed by atoms with Crippen molar-refractivity contribution in [3.8, 4) is 0 Å². The van der Waals surface area contributed by atoms with Crippen molar-refractivity contribution in [2.45, 2.75) is 19.3 Å². The van der Waals surface area contributed by atoms with Gasteiger partial charge >= 0.3 is 0 Å². The lowest BCUT2D eigenvalue weighted by Gasteiger charge is -2.35. The Morgan fingerprint density at radius 1 is 1.33 bits per heavy atom. The molecule has 0 saturated carbocycles. The molecule has 1 aliphatic rings. The molecular formula is C10H9FO. The van der Waals surface area contributed by atoms with E-state index in [2.05, 4.69) is 0 Å². The summed E-state index contributed by atoms with van der Waals surface area (Å²) in [6.45, 7) is 3.63. The van der Waals surface area contributed by atoms with Crippen LogP contribution in [0.1, 0.15) is 29.8 Å². The summed E-state index contributed by atoms with van der Waals surface area (Å²) in [6.07, 6.45) is 0. The van der Waals surface area contributed by atoms with Crippen LogP contribution in [0.15, 0.2) is 18.2 Å². The lowest BCUT2D eigenvalue weighted by atomic mass is 9.65. The summed E-state index contributed by atoms with van der Waals surface area (Å²) in [6, 6.07) is 4.32. The van der Waals surface area contributed by atoms with Crippen molar-refractivity contribution in [1.82, 2.24) is 0 Å². The smallest absolute Gasteiger partial charge is 0.173 e. The standard InChI is InChI=1S/C10H9FO/c1-10(2)8-5-6(11)3-4-7(8)9(10)12/h3-5H,1-2H3. The molecule has 0 radical (unpaired) electrons. The molecule has 1 nitrogen and oxygen atoms in total. The maximum absolute atomic E-state index is 12.7. The van der Waals surface area contributed by atoms with Crippen molar-refractivity contribution in [3.63, 3.8) is 0 Å². The molecular weight excluding hydrogens is 155 g/mol. The van der Waals surface area contributed by atoms with Crippen molar-refractivity contribution in [2.24, 2.45) is 0 Å². The molecule has 0 bridgehead atoms. The van der Waals surface area contributed by atoms with Crippen LogP contribution in [0.4, 0.5) is 4.39 Å². The fourth-order valence-electron chi connectivity index (χ4n) is 1.63. The molecule has 62 valence electrons. The van der Waals surface area contributed by atoms with Gasteiger partial charge in [-0.25, -0.2) is 4.39 Å². The number of Topliss-reactive ketones (excluding diaryl/α,β-unsaturated/α-hetero) is 1. The number of hydrogen-bond acceptors (Lipinski definition) is 1. The van der Waals surface area contributed by atoms with Gasteiger partial charge in [0.2, 0.25) is 0 Å². The molecule has 2 heteroatoms. The minimum Gasteiger partial charge on any atom is -0.293 e. The Balaban J connectivity index is 2.64. The lowest BCUT2D eigenvalue weighted by molar-refractivity contribution is 0.0865. The summed E-state index contributed by atoms with van der Waals surface area (Å²) in [5.41, 5.74) is 1.02. The van der Waals surface area contributed by atoms with Gasteiger partial charge in [0.1, 0.15) is 5.82 Å². The van der Waals surface area contributed by atoms with Crippen molar-refractivity contribution < 1.29 is 9.18 Å². The van der Waals surface area contributed by atoms with E-state index >= 15 is 0 Å². The summed E-state index contributed by atoms with van der Waals surface area (Å²) in [4.78, 5) is 11.4. The van der Waals surface area contributed by atoms with E-state index in [0.717, 1.165) is 5.56 Å². The highest BCUT2D eigenvalue weighted by atomic mass is 19.1. The summed E-state index contributed by atoms with van der Waals surface area (Å²) in [7, 11) is 0. The highest BCUT2D eigenvalue weighted by molar-refractivity contribution is 6.13. The summed E-state index contributed by atoms with van der Waals surface area (Å²) in [5, 5.41) is 0. The van der Waals surface area contributed by atoms with Crippen molar-refractivity contribution in [1.29, 1.82) is 0 Å². The molecule has 1 aromatic rings. The van der Waals surface area contributed by atoms with Crippen molar-refractivity contribution in [2.75, 3.05) is 0 Å². The highest BCUT2D eigenvalue weighted by Crippen LogP contribution is 2.40. The van der Waals surface area contributed by atoms with Crippen LogP contribution in [-0.4, -0.2) is 5.78 Å². The quantitative estimate of drug-likeness (QED) is 0.575. The molecule has 0 aliphatic heterocycles. The second kappa shape index (κ2) is 1.94. The predicted molar refractivity (Wildman–Crippen MR) is 43.8 cm³/mol. The SMILES string of the molecule is CC1(C)C(=O)c2ccc(F)cc21. The summed E-state index contributed by atoms with van der Waals surface area (Å²) < 4.78 is 12.7. The Kier molecular flexibility index (Phi) is 1.21. The van der Waals surface area contributed by atoms with Crippen LogP contribution in [0, 0.1) is 5.82 Å². The maximum Gasteiger partial charge on any atom is 0.173 e. The average molecular weight is 164 g/mol. The number of fused-ring (bicyclic) bond motifs is 1. The number of hydrogen-bond donors (Lipinski definition) is 0. The van der Waals surface area contributed by atoms with E-state index in [-0.39, 0.29) is 11.6 Å². The van der Waals surface area contributed by atoms with Crippen LogP contribution in [-0.2, 0) is 5.41 Å². The normalized spacial score (nSPS) is 18.4. The topological polar surface area (TPSA) is 17.1 Å². The Morgan fingerprint density at radius 3 is 2.67 bits per heavy atom. The second-order valence-electron chi connectivity index (χ2n) is 3.64. The number of carbonyl (C=O) groups excluding carboxylic acids is 1. The first-order chi connectivity index (χ1) is 5.53. The van der Waals surface area contributed by atoms with Gasteiger partial charge in [0.05, 0.1) is 5.41 Å². The van der Waals surface area contributed by atoms with Gasteiger partial charge in [-0.3, -0.25) is 4.79 Å². The van der Waals surface area contributed by atoms with E-state index < -0.39 is 5.41 Å². The fraction of sp³-hybridized carbons (Fsp3) is 0.300. The second-order valence-corrected chi connectivity index (χ2v) is 3.64. The van der Waals surface area contributed by atoms with Gasteiger partial charge in [-0.1, -0.05) is 0 Å². The van der Waals surface area contributed by atoms with Crippen LogP contribution in [0.3, 0.4) is 0 Å². The van der Waals surface area contributed by atoms with Crippen LogP contribution < -0.4 is 0 Å². The minimum atomic E-state index is -0.475. The Bertz CT molecular complexity index is 366. The van der Waals surface area contributed by atoms with Gasteiger partial charge in [0, 0.05) is 5.56 Å². The molecule has 0 fully saturated rings. The first-order valence-electron chi connectivity index (χ1n) is 3.88. The zero-order valence-corrected chi connectivity index (χ0v) is 7.02. The molecule has 0 saturated heterocycles. The Morgan fingerprint density at radius 2 is 2.00 bits per heavy atom. The largest absolute Gasteiger partial charge is 0.293 e. The predicted octanol–water partition coefficient (Wildman–Crippen LogP) is 2.30. The van der Waals surface area contributed by atoms with Gasteiger partial charge in [-0.15, -0.1) is 0 Å². The van der Waals surface area contributed by atoms with E-state index in [1.54, 1.807) is 6.07 Å². The molecule has 0 unspecified atom stereocenters. The van der Waals surface area contributed by atoms with Gasteiger partial charge in [-0.2, -0.15) is 0 Å². The van der Waals surface area contributed by atoms with E-state index in [1.807, 2.05) is 13.8 Å². The number of carbonyl (C=O) groups is 1. The summed E-state index contributed by atoms with van der Waals surface area (Å²) >= 11 is 0. The van der Waals surface area contributed by atoms with Crippen LogP contribution in [0.5, 0.6) is 0 Å². The first kappa shape index (κ1) is 7.47. The molecule has 0 atom stereocenters. The van der Waals surface area contributed by atoms with Crippen LogP contribution in [0.25, 0.3) is 0 Å². The van der Waals surface area contributed by atoms with E-state index in [0.29, 0.717) is 5.56 Å². The van der Waals surface area contributed by atoms with Gasteiger partial charge in [0.15, 0.2) is 5.78 Å². The summed E-state index contributed by atoms with van der Waals surface area (Å²) in [5.74, 6) is -0.160. The van der Waals surface area contributed by atoms with E-state index in [9.17, 15) is 9.18 Å². The van der Waals surface area contributed by atoms with Gasteiger partial charge in [0.25, 0.3) is 0 Å². The van der Waals surface area contributed by atoms with E-state index in [4.69, 9.17) is 0 Å². The number of ketones is 1. The Hall–Kier alpha value is -1.18. The molecule has 0 heterocycles. The third kappa shape index (κ3) is 0.697. The molecule has 0 amide bonds. The monoisotopic (exact) mass is 164 g/mol. The third-order valence-corrected chi connectivity index (χ3v) is 2.47. The first-order valence-corrected chi connectivity index (χ1v) is 3.88. The molecule has 2 rings (SSSR count). The Labute approximate surface area is 70.2 Å². The minimum absolute atomic E-state index is 0.109. The number of benzene rings is 1. The zero-order valence-electron chi connectivity index (χ0n) is 7.02. The molecule has 0 N–H and O–H groups in total. The van der Waals surface area contributed by atoms with Crippen LogP contribution in [0.2, 0.25) is 0 Å². The van der Waals surface area contributed by atoms with Crippen molar-refractivity contribution in [3.05, 3.63) is 35.1 Å². The molecule has 0 aromatic heterocycles. The van der Waals surface area contributed by atoms with Crippen LogP contribution >= 0.6 is 0 Å². The number of halogens is 1. The third-order valence-electron chi connectivity index (χ3n) is 2.47. The molecule has 1 aromatic carbocycles. The maximum atomic E-state index is 12.7. The highest BCUT2D eigenvalue weighted by Gasteiger charge is 2.43. The molecule has 0 spiro atoms. The number of rotatable bonds is 0. The van der Waals surface area contributed by atoms with E-state index in [1.165, 1.54) is 12.1 Å². The average Bonchev–Trinajstić information content (AvgIpc) is 2.04.